The van der Waals surface area contributed by atoms with Crippen molar-refractivity contribution in [3.8, 4) is 11.5 Å². The van der Waals surface area contributed by atoms with Gasteiger partial charge in [0.25, 0.3) is 0 Å². The van der Waals surface area contributed by atoms with Crippen molar-refractivity contribution in [1.82, 2.24) is 0 Å². The summed E-state index contributed by atoms with van der Waals surface area (Å²) in [5.74, 6) is -0.180. The predicted octanol–water partition coefficient (Wildman–Crippen LogP) is 3.85. The van der Waals surface area contributed by atoms with E-state index in [1.165, 1.54) is 0 Å². The molecule has 0 saturated heterocycles. The molecule has 0 spiro atoms. The van der Waals surface area contributed by atoms with Gasteiger partial charge in [0, 0.05) is 17.2 Å². The summed E-state index contributed by atoms with van der Waals surface area (Å²) in [6.45, 7) is 0.185. The lowest BCUT2D eigenvalue weighted by Gasteiger charge is -2.09. The molecule has 7 heteroatoms. The molecule has 0 saturated carbocycles. The summed E-state index contributed by atoms with van der Waals surface area (Å²) < 4.78 is 23.6. The van der Waals surface area contributed by atoms with Gasteiger partial charge in [0.15, 0.2) is 5.75 Å². The van der Waals surface area contributed by atoms with Crippen molar-refractivity contribution in [3.63, 3.8) is 0 Å². The molecular weight excluding hydrogens is 301 g/mol. The minimum Gasteiger partial charge on any atom is -0.490 e. The number of nitrogens with zero attached hydrogens (tertiary/aromatic N) is 1. The number of hydrogen-bond acceptors (Lipinski definition) is 4. The smallest absolute Gasteiger partial charge is 0.311 e. The van der Waals surface area contributed by atoms with Crippen molar-refractivity contribution in [1.29, 1.82) is 0 Å². The summed E-state index contributed by atoms with van der Waals surface area (Å²) in [4.78, 5) is 10.1. The van der Waals surface area contributed by atoms with Crippen molar-refractivity contribution in [2.45, 2.75) is 0 Å². The molecule has 0 fully saturated rings. The Labute approximate surface area is 125 Å². The van der Waals surface area contributed by atoms with Crippen LogP contribution in [0.4, 0.5) is 10.1 Å². The molecule has 0 radical (unpaired) electrons. The van der Waals surface area contributed by atoms with Crippen LogP contribution in [0.2, 0.25) is 5.02 Å². The number of nitro groups is 1. The van der Waals surface area contributed by atoms with E-state index in [0.29, 0.717) is 10.8 Å². The molecule has 0 aliphatic heterocycles. The zero-order chi connectivity index (χ0) is 15.2. The highest BCUT2D eigenvalue weighted by atomic mass is 35.5. The van der Waals surface area contributed by atoms with Crippen molar-refractivity contribution in [2.24, 2.45) is 0 Å². The highest BCUT2D eigenvalue weighted by molar-refractivity contribution is 6.30. The Bertz CT molecular complexity index is 651. The first-order valence-corrected chi connectivity index (χ1v) is 6.39. The molecule has 0 unspecified atom stereocenters. The molecule has 0 aromatic heterocycles. The van der Waals surface area contributed by atoms with Gasteiger partial charge < -0.3 is 9.47 Å². The summed E-state index contributed by atoms with van der Waals surface area (Å²) in [5.41, 5.74) is -0.292. The van der Waals surface area contributed by atoms with Crippen LogP contribution in [0.15, 0.2) is 42.5 Å². The summed E-state index contributed by atoms with van der Waals surface area (Å²) in [6, 6.07) is 9.83. The van der Waals surface area contributed by atoms with Crippen LogP contribution in [0, 0.1) is 15.9 Å². The fourth-order valence-electron chi connectivity index (χ4n) is 1.62. The molecule has 2 rings (SSSR count). The van der Waals surface area contributed by atoms with Gasteiger partial charge in [-0.3, -0.25) is 10.1 Å². The molecule has 0 amide bonds. The lowest BCUT2D eigenvalue weighted by molar-refractivity contribution is -0.385. The average Bonchev–Trinajstić information content (AvgIpc) is 2.43. The zero-order valence-electron chi connectivity index (χ0n) is 10.8. The van der Waals surface area contributed by atoms with E-state index in [0.717, 1.165) is 18.2 Å². The maximum absolute atomic E-state index is 13.1. The first kappa shape index (κ1) is 15.1. The van der Waals surface area contributed by atoms with Gasteiger partial charge in [-0.05, 0) is 24.3 Å². The van der Waals surface area contributed by atoms with Crippen LogP contribution < -0.4 is 9.47 Å². The van der Waals surface area contributed by atoms with E-state index in [2.05, 4.69) is 0 Å². The molecule has 0 N–H and O–H groups in total. The van der Waals surface area contributed by atoms with Gasteiger partial charge in [0.1, 0.15) is 24.8 Å². The number of halogens is 2. The second-order valence-corrected chi connectivity index (χ2v) is 4.46. The quantitative estimate of drug-likeness (QED) is 0.462. The largest absolute Gasteiger partial charge is 0.490 e. The van der Waals surface area contributed by atoms with E-state index in [1.807, 2.05) is 0 Å². The molecule has 0 heterocycles. The summed E-state index contributed by atoms with van der Waals surface area (Å²) in [7, 11) is 0. The van der Waals surface area contributed by atoms with Gasteiger partial charge in [0.05, 0.1) is 4.92 Å². The summed E-state index contributed by atoms with van der Waals surface area (Å²) in [5, 5.41) is 11.3. The van der Waals surface area contributed by atoms with Crippen molar-refractivity contribution < 1.29 is 18.8 Å². The molecule has 0 aliphatic carbocycles. The number of nitro benzene ring substituents is 1. The normalized spacial score (nSPS) is 10.2. The zero-order valence-corrected chi connectivity index (χ0v) is 11.5. The summed E-state index contributed by atoms with van der Waals surface area (Å²) in [6.07, 6.45) is 0. The Morgan fingerprint density at radius 1 is 1.14 bits per heavy atom. The van der Waals surface area contributed by atoms with Gasteiger partial charge in [-0.25, -0.2) is 4.39 Å². The number of benzene rings is 2. The molecule has 21 heavy (non-hydrogen) atoms. The van der Waals surface area contributed by atoms with Gasteiger partial charge in [-0.1, -0.05) is 17.7 Å². The molecule has 2 aromatic carbocycles. The first-order valence-electron chi connectivity index (χ1n) is 6.01. The van der Waals surface area contributed by atoms with E-state index < -0.39 is 10.7 Å². The molecule has 5 nitrogen and oxygen atoms in total. The van der Waals surface area contributed by atoms with Crippen molar-refractivity contribution in [2.75, 3.05) is 13.2 Å². The Kier molecular flexibility index (Phi) is 4.94. The fraction of sp³-hybridized carbons (Fsp3) is 0.143. The van der Waals surface area contributed by atoms with Crippen LogP contribution in [0.25, 0.3) is 0 Å². The third-order valence-electron chi connectivity index (χ3n) is 2.52. The van der Waals surface area contributed by atoms with Crippen LogP contribution in [-0.4, -0.2) is 18.1 Å². The first-order chi connectivity index (χ1) is 10.1. The highest BCUT2D eigenvalue weighted by Crippen LogP contribution is 2.27. The van der Waals surface area contributed by atoms with Gasteiger partial charge >= 0.3 is 5.69 Å². The highest BCUT2D eigenvalue weighted by Gasteiger charge is 2.15. The van der Waals surface area contributed by atoms with Gasteiger partial charge in [-0.2, -0.15) is 0 Å². The lowest BCUT2D eigenvalue weighted by Crippen LogP contribution is -2.10. The van der Waals surface area contributed by atoms with E-state index in [9.17, 15) is 14.5 Å². The predicted molar refractivity (Wildman–Crippen MR) is 75.5 cm³/mol. The third-order valence-corrected chi connectivity index (χ3v) is 2.76. The molecule has 0 aliphatic rings. The number of ether oxygens (including phenoxy) is 2. The SMILES string of the molecule is O=[N+]([O-])c1ccc(F)cc1OCCOc1cccc(Cl)c1. The molecule has 0 bridgehead atoms. The van der Waals surface area contributed by atoms with E-state index in [4.69, 9.17) is 21.1 Å². The Balaban J connectivity index is 1.91. The Hall–Kier alpha value is -2.34. The maximum atomic E-state index is 13.1. The fourth-order valence-corrected chi connectivity index (χ4v) is 1.80. The van der Waals surface area contributed by atoms with Crippen LogP contribution >= 0.6 is 11.6 Å². The van der Waals surface area contributed by atoms with Crippen molar-refractivity contribution >= 4 is 17.3 Å². The molecular formula is C14H11ClFNO4. The minimum atomic E-state index is -0.632. The lowest BCUT2D eigenvalue weighted by atomic mass is 10.3. The van der Waals surface area contributed by atoms with Crippen LogP contribution in [0.1, 0.15) is 0 Å². The number of rotatable bonds is 6. The molecule has 0 atom stereocenters. The van der Waals surface area contributed by atoms with E-state index in [1.54, 1.807) is 24.3 Å². The second-order valence-electron chi connectivity index (χ2n) is 4.02. The monoisotopic (exact) mass is 311 g/mol. The summed E-state index contributed by atoms with van der Waals surface area (Å²) >= 11 is 5.80. The number of hydrogen-bond donors (Lipinski definition) is 0. The second kappa shape index (κ2) is 6.90. The Morgan fingerprint density at radius 2 is 1.90 bits per heavy atom. The van der Waals surface area contributed by atoms with E-state index >= 15 is 0 Å². The average molecular weight is 312 g/mol. The van der Waals surface area contributed by atoms with Crippen LogP contribution in [0.3, 0.4) is 0 Å². The topological polar surface area (TPSA) is 61.6 Å². The van der Waals surface area contributed by atoms with Crippen LogP contribution in [0.5, 0.6) is 11.5 Å². The standard InChI is InChI=1S/C14H11ClFNO4/c15-10-2-1-3-12(8-10)20-6-7-21-14-9-11(16)4-5-13(14)17(18)19/h1-5,8-9H,6-7H2. The maximum Gasteiger partial charge on any atom is 0.311 e. The van der Waals surface area contributed by atoms with E-state index in [-0.39, 0.29) is 24.7 Å². The van der Waals surface area contributed by atoms with Gasteiger partial charge in [-0.15, -0.1) is 0 Å². The molecule has 2 aromatic rings. The Morgan fingerprint density at radius 3 is 2.62 bits per heavy atom. The van der Waals surface area contributed by atoms with Gasteiger partial charge in [0.2, 0.25) is 0 Å². The van der Waals surface area contributed by atoms with Crippen molar-refractivity contribution in [3.05, 3.63) is 63.4 Å². The van der Waals surface area contributed by atoms with Crippen LogP contribution in [-0.2, 0) is 0 Å². The minimum absolute atomic E-state index is 0.0385. The molecule has 110 valence electrons. The third kappa shape index (κ3) is 4.32.